The number of hydrogen-bond acceptors (Lipinski definition) is 1. The van der Waals surface area contributed by atoms with Crippen LogP contribution in [-0.4, -0.2) is 33.4 Å². The van der Waals surface area contributed by atoms with Gasteiger partial charge in [0, 0.05) is 0 Å². The molecule has 0 aromatic rings. The number of hydrogen-bond donors (Lipinski definition) is 1. The molecule has 0 heterocycles. The SMILES string of the molecule is O.O.O.O=C(O)CCl.[H-].[H-].[Na+].[Na+]. The first-order valence-electron chi connectivity index (χ1n) is 1.05. The number of aliphatic carboxylic acids is 1. The van der Waals surface area contributed by atoms with Crippen LogP contribution in [0.3, 0.4) is 0 Å². The third-order valence-electron chi connectivity index (χ3n) is 0.114. The van der Waals surface area contributed by atoms with Crippen LogP contribution < -0.4 is 59.1 Å². The van der Waals surface area contributed by atoms with Crippen molar-refractivity contribution < 1.29 is 88.3 Å². The molecular weight excluding hydrogens is 185 g/mol. The Balaban J connectivity index is -0.00000000381. The monoisotopic (exact) mass is 196 g/mol. The molecule has 0 rings (SSSR count). The average molecular weight is 197 g/mol. The number of rotatable bonds is 1. The number of carbonyl (C=O) groups is 1. The number of alkyl halides is 1. The van der Waals surface area contributed by atoms with Crippen molar-refractivity contribution in [3.8, 4) is 0 Å². The van der Waals surface area contributed by atoms with Gasteiger partial charge in [0.05, 0.1) is 0 Å². The molecule has 0 aliphatic rings. The van der Waals surface area contributed by atoms with Crippen molar-refractivity contribution in [3.63, 3.8) is 0 Å². The standard InChI is InChI=1S/C2H3ClO2.2Na.3H2O.2H/c3-1-2(4)5;;;;;;;/h1H2,(H,4,5);;;3*1H2;;/q;2*+1;;;;2*-1. The Morgan fingerprint density at radius 2 is 1.40 bits per heavy atom. The van der Waals surface area contributed by atoms with Gasteiger partial charge in [-0.2, -0.15) is 0 Å². The van der Waals surface area contributed by atoms with E-state index in [1.807, 2.05) is 0 Å². The molecule has 8 heteroatoms. The number of carboxylic acids is 1. The molecule has 0 aromatic heterocycles. The van der Waals surface area contributed by atoms with Crippen molar-refractivity contribution in [2.75, 3.05) is 5.88 Å². The second-order valence-electron chi connectivity index (χ2n) is 0.527. The summed E-state index contributed by atoms with van der Waals surface area (Å²) in [5.41, 5.74) is 0. The fourth-order valence-corrected chi connectivity index (χ4v) is 0. The van der Waals surface area contributed by atoms with E-state index in [-0.39, 0.29) is 84.3 Å². The molecule has 0 radical (unpaired) electrons. The molecule has 7 N–H and O–H groups in total. The Morgan fingerprint density at radius 1 is 1.30 bits per heavy atom. The van der Waals surface area contributed by atoms with E-state index < -0.39 is 5.97 Å². The maximum absolute atomic E-state index is 9.24. The zero-order valence-electron chi connectivity index (χ0n) is 7.94. The average Bonchev–Trinajstić information content (AvgIpc) is 1.38. The third-order valence-corrected chi connectivity index (χ3v) is 0.343. The summed E-state index contributed by atoms with van der Waals surface area (Å²) in [5.74, 6) is -1.29. The van der Waals surface area contributed by atoms with E-state index in [1.165, 1.54) is 0 Å². The summed E-state index contributed by atoms with van der Waals surface area (Å²) in [5, 5.41) is 7.59. The Morgan fingerprint density at radius 3 is 1.40 bits per heavy atom. The van der Waals surface area contributed by atoms with Crippen molar-refractivity contribution in [3.05, 3.63) is 0 Å². The minimum atomic E-state index is -0.980. The van der Waals surface area contributed by atoms with Crippen LogP contribution in [0.2, 0.25) is 0 Å². The van der Waals surface area contributed by atoms with Crippen LogP contribution in [0, 0.1) is 0 Å². The molecule has 0 aliphatic carbocycles. The third kappa shape index (κ3) is 54.3. The fraction of sp³-hybridized carbons (Fsp3) is 0.500. The van der Waals surface area contributed by atoms with Crippen LogP contribution in [0.4, 0.5) is 0 Å². The van der Waals surface area contributed by atoms with E-state index in [9.17, 15) is 4.79 Å². The second-order valence-corrected chi connectivity index (χ2v) is 0.795. The summed E-state index contributed by atoms with van der Waals surface area (Å²) in [7, 11) is 0. The second kappa shape index (κ2) is 31.1. The minimum absolute atomic E-state index is 0. The number of carboxylic acid groups (broad SMARTS) is 1. The number of halogens is 1. The minimum Gasteiger partial charge on any atom is -1.00 e. The molecule has 0 amide bonds. The van der Waals surface area contributed by atoms with Crippen LogP contribution in [-0.2, 0) is 4.79 Å². The van der Waals surface area contributed by atoms with Gasteiger partial charge in [-0.15, -0.1) is 11.6 Å². The normalized spacial score (nSPS) is 3.70. The molecule has 0 spiro atoms. The predicted molar refractivity (Wildman–Crippen MR) is 31.4 cm³/mol. The zero-order valence-corrected chi connectivity index (χ0v) is 10.7. The molecule has 0 saturated carbocycles. The molecule has 0 atom stereocenters. The Labute approximate surface area is 111 Å². The van der Waals surface area contributed by atoms with Gasteiger partial charge in [0.1, 0.15) is 5.88 Å². The van der Waals surface area contributed by atoms with Crippen molar-refractivity contribution in [1.29, 1.82) is 0 Å². The Kier molecular flexibility index (Phi) is 129. The molecule has 58 valence electrons. The van der Waals surface area contributed by atoms with Gasteiger partial charge in [-0.3, -0.25) is 4.79 Å². The van der Waals surface area contributed by atoms with Crippen molar-refractivity contribution in [2.24, 2.45) is 0 Å². The molecular formula is C2H11ClNa2O5. The van der Waals surface area contributed by atoms with Crippen molar-refractivity contribution in [2.45, 2.75) is 0 Å². The zero-order chi connectivity index (χ0) is 4.28. The molecule has 0 bridgehead atoms. The van der Waals surface area contributed by atoms with Crippen LogP contribution >= 0.6 is 11.6 Å². The summed E-state index contributed by atoms with van der Waals surface area (Å²) in [4.78, 5) is 9.24. The quantitative estimate of drug-likeness (QED) is 0.330. The molecule has 0 saturated heterocycles. The van der Waals surface area contributed by atoms with Gasteiger partial charge in [0.25, 0.3) is 0 Å². The van der Waals surface area contributed by atoms with Gasteiger partial charge in [0.2, 0.25) is 0 Å². The van der Waals surface area contributed by atoms with E-state index in [1.54, 1.807) is 0 Å². The van der Waals surface area contributed by atoms with Gasteiger partial charge in [-0.25, -0.2) is 0 Å². The molecule has 10 heavy (non-hydrogen) atoms. The van der Waals surface area contributed by atoms with Gasteiger partial charge in [-0.1, -0.05) is 0 Å². The maximum atomic E-state index is 9.24. The first-order chi connectivity index (χ1) is 2.27. The van der Waals surface area contributed by atoms with Gasteiger partial charge in [-0.05, 0) is 0 Å². The maximum Gasteiger partial charge on any atom is 1.00 e. The smallest absolute Gasteiger partial charge is 1.00 e. The molecule has 5 nitrogen and oxygen atoms in total. The first-order valence-corrected chi connectivity index (χ1v) is 1.58. The summed E-state index contributed by atoms with van der Waals surface area (Å²) < 4.78 is 0. The van der Waals surface area contributed by atoms with Crippen LogP contribution in [0.25, 0.3) is 0 Å². The predicted octanol–water partition coefficient (Wildman–Crippen LogP) is -7.93. The molecule has 0 aromatic carbocycles. The van der Waals surface area contributed by atoms with Gasteiger partial charge >= 0.3 is 65.1 Å². The molecule has 0 unspecified atom stereocenters. The largest absolute Gasteiger partial charge is 1.00 e. The Bertz CT molecular complexity index is 60.7. The van der Waals surface area contributed by atoms with Crippen LogP contribution in [0.15, 0.2) is 0 Å². The topological polar surface area (TPSA) is 132 Å². The molecule has 0 aliphatic heterocycles. The van der Waals surface area contributed by atoms with E-state index in [4.69, 9.17) is 16.7 Å². The van der Waals surface area contributed by atoms with Gasteiger partial charge in [0.15, 0.2) is 0 Å². The summed E-state index contributed by atoms with van der Waals surface area (Å²) in [6, 6.07) is 0. The van der Waals surface area contributed by atoms with E-state index in [0.29, 0.717) is 0 Å². The Hall–Kier alpha value is 1.64. The summed E-state index contributed by atoms with van der Waals surface area (Å²) >= 11 is 4.74. The van der Waals surface area contributed by atoms with E-state index >= 15 is 0 Å². The fourth-order valence-electron chi connectivity index (χ4n) is 0. The summed E-state index contributed by atoms with van der Waals surface area (Å²) in [6.07, 6.45) is 0. The van der Waals surface area contributed by atoms with Crippen molar-refractivity contribution in [1.82, 2.24) is 0 Å². The van der Waals surface area contributed by atoms with Crippen LogP contribution in [0.1, 0.15) is 2.85 Å². The van der Waals surface area contributed by atoms with E-state index in [2.05, 4.69) is 0 Å². The van der Waals surface area contributed by atoms with Gasteiger partial charge < -0.3 is 24.4 Å². The van der Waals surface area contributed by atoms with E-state index in [0.717, 1.165) is 0 Å². The van der Waals surface area contributed by atoms with Crippen molar-refractivity contribution >= 4 is 17.6 Å². The first kappa shape index (κ1) is 41.4. The summed E-state index contributed by atoms with van der Waals surface area (Å²) in [6.45, 7) is 0. The molecule has 0 fully saturated rings. The van der Waals surface area contributed by atoms with Crippen LogP contribution in [0.5, 0.6) is 0 Å².